The quantitative estimate of drug-likeness (QED) is 0.446. The lowest BCUT2D eigenvalue weighted by molar-refractivity contribution is 0.264. The van der Waals surface area contributed by atoms with Gasteiger partial charge in [-0.2, -0.15) is 0 Å². The van der Waals surface area contributed by atoms with Crippen LogP contribution >= 0.6 is 0 Å². The number of rotatable bonds is 6. The summed E-state index contributed by atoms with van der Waals surface area (Å²) >= 11 is 0. The zero-order valence-electron chi connectivity index (χ0n) is 19.1. The van der Waals surface area contributed by atoms with Gasteiger partial charge in [0.1, 0.15) is 5.69 Å². The van der Waals surface area contributed by atoms with E-state index in [1.54, 1.807) is 12.4 Å². The van der Waals surface area contributed by atoms with E-state index in [9.17, 15) is 0 Å². The third kappa shape index (κ3) is 4.97. The van der Waals surface area contributed by atoms with E-state index in [-0.39, 0.29) is 0 Å². The zero-order valence-corrected chi connectivity index (χ0v) is 19.1. The van der Waals surface area contributed by atoms with Gasteiger partial charge in [0.25, 0.3) is 0 Å². The number of pyridine rings is 2. The number of aromatic nitrogens is 4. The first kappa shape index (κ1) is 21.4. The predicted octanol–water partition coefficient (Wildman–Crippen LogP) is 4.40. The summed E-state index contributed by atoms with van der Waals surface area (Å²) in [7, 11) is 4.34. The van der Waals surface area contributed by atoms with E-state index in [2.05, 4.69) is 69.2 Å². The Morgan fingerprint density at radius 3 is 2.61 bits per heavy atom. The summed E-state index contributed by atoms with van der Waals surface area (Å²) in [5.74, 6) is 0.613. The summed E-state index contributed by atoms with van der Waals surface area (Å²) in [5.41, 5.74) is 6.14. The fraction of sp³-hybridized carbons (Fsp3) is 0.259. The van der Waals surface area contributed by atoms with Crippen molar-refractivity contribution in [2.24, 2.45) is 0 Å². The van der Waals surface area contributed by atoms with Crippen LogP contribution in [0.25, 0.3) is 33.9 Å². The molecule has 1 saturated heterocycles. The molecule has 1 fully saturated rings. The maximum absolute atomic E-state index is 4.73. The maximum atomic E-state index is 4.73. The molecule has 0 spiro atoms. The van der Waals surface area contributed by atoms with Crippen LogP contribution in [0.2, 0.25) is 0 Å². The molecule has 6 heteroatoms. The number of hydrogen-bond acceptors (Lipinski definition) is 6. The Balaban J connectivity index is 1.37. The summed E-state index contributed by atoms with van der Waals surface area (Å²) in [4.78, 5) is 22.9. The number of likely N-dealkylation sites (tertiary alicyclic amines) is 1. The van der Waals surface area contributed by atoms with Gasteiger partial charge >= 0.3 is 0 Å². The van der Waals surface area contributed by atoms with Crippen LogP contribution < -0.4 is 0 Å². The van der Waals surface area contributed by atoms with Gasteiger partial charge < -0.3 is 4.90 Å². The van der Waals surface area contributed by atoms with Crippen molar-refractivity contribution in [2.45, 2.75) is 19.0 Å². The van der Waals surface area contributed by atoms with Crippen LogP contribution in [0, 0.1) is 0 Å². The Bertz CT molecular complexity index is 1220. The molecule has 4 heterocycles. The maximum Gasteiger partial charge on any atom is 0.178 e. The smallest absolute Gasteiger partial charge is 0.178 e. The first-order valence-electron chi connectivity index (χ1n) is 11.3. The Labute approximate surface area is 195 Å². The molecule has 1 aromatic carbocycles. The van der Waals surface area contributed by atoms with E-state index < -0.39 is 0 Å². The number of nitrogens with zero attached hydrogens (tertiary/aromatic N) is 6. The molecule has 6 nitrogen and oxygen atoms in total. The molecule has 0 amide bonds. The first-order valence-corrected chi connectivity index (χ1v) is 11.3. The fourth-order valence-corrected chi connectivity index (χ4v) is 4.36. The average Bonchev–Trinajstić information content (AvgIpc) is 3.34. The highest BCUT2D eigenvalue weighted by Crippen LogP contribution is 2.26. The SMILES string of the molecule is CN(C)[C@@H]1CCN(Cc2cccc(-c3cncc(-c4ccnc(-c5ccccn5)n4)c3)c2)C1. The minimum Gasteiger partial charge on any atom is -0.305 e. The molecule has 33 heavy (non-hydrogen) atoms. The van der Waals surface area contributed by atoms with Gasteiger partial charge in [0.15, 0.2) is 5.82 Å². The molecule has 3 aromatic heterocycles. The molecular formula is C27H28N6. The van der Waals surface area contributed by atoms with Gasteiger partial charge in [0.2, 0.25) is 0 Å². The van der Waals surface area contributed by atoms with Gasteiger partial charge in [0, 0.05) is 61.6 Å². The van der Waals surface area contributed by atoms with Crippen LogP contribution in [0.5, 0.6) is 0 Å². The highest BCUT2D eigenvalue weighted by atomic mass is 15.2. The van der Waals surface area contributed by atoms with E-state index in [1.807, 2.05) is 36.7 Å². The van der Waals surface area contributed by atoms with Crippen LogP contribution in [0.1, 0.15) is 12.0 Å². The van der Waals surface area contributed by atoms with Crippen molar-refractivity contribution in [1.29, 1.82) is 0 Å². The van der Waals surface area contributed by atoms with Crippen molar-refractivity contribution in [3.05, 3.63) is 84.9 Å². The zero-order chi connectivity index (χ0) is 22.6. The minimum absolute atomic E-state index is 0.613. The van der Waals surface area contributed by atoms with Gasteiger partial charge in [-0.1, -0.05) is 24.3 Å². The molecule has 4 aromatic rings. The van der Waals surface area contributed by atoms with Gasteiger partial charge in [-0.25, -0.2) is 9.97 Å². The van der Waals surface area contributed by atoms with Gasteiger partial charge in [-0.3, -0.25) is 14.9 Å². The van der Waals surface area contributed by atoms with E-state index in [0.29, 0.717) is 11.9 Å². The third-order valence-electron chi connectivity index (χ3n) is 6.23. The second kappa shape index (κ2) is 9.57. The monoisotopic (exact) mass is 436 g/mol. The Kier molecular flexibility index (Phi) is 6.19. The molecule has 1 atom stereocenters. The molecule has 0 saturated carbocycles. The first-order chi connectivity index (χ1) is 16.2. The molecule has 166 valence electrons. The van der Waals surface area contributed by atoms with Crippen molar-refractivity contribution in [2.75, 3.05) is 27.2 Å². The van der Waals surface area contributed by atoms with Gasteiger partial charge in [-0.05, 0) is 62.0 Å². The lowest BCUT2D eigenvalue weighted by atomic mass is 10.0. The lowest BCUT2D eigenvalue weighted by Gasteiger charge is -2.20. The van der Waals surface area contributed by atoms with Crippen molar-refractivity contribution < 1.29 is 0 Å². The number of benzene rings is 1. The molecule has 1 aliphatic heterocycles. The predicted molar refractivity (Wildman–Crippen MR) is 131 cm³/mol. The van der Waals surface area contributed by atoms with Crippen molar-refractivity contribution >= 4 is 0 Å². The standard InChI is InChI=1S/C27H28N6/c1-32(2)24-10-13-33(19-24)18-20-6-5-7-21(14-20)22-15-23(17-28-16-22)25-9-12-30-27(31-25)26-8-3-4-11-29-26/h3-9,11-12,14-17,24H,10,13,18-19H2,1-2H3/t24-/m1/s1. The molecule has 0 bridgehead atoms. The van der Waals surface area contributed by atoms with Crippen LogP contribution in [0.15, 0.2) is 79.4 Å². The number of hydrogen-bond donors (Lipinski definition) is 0. The van der Waals surface area contributed by atoms with Crippen LogP contribution in [-0.4, -0.2) is 63.0 Å². The molecule has 5 rings (SSSR count). The molecule has 0 aliphatic carbocycles. The lowest BCUT2D eigenvalue weighted by Crippen LogP contribution is -2.31. The second-order valence-electron chi connectivity index (χ2n) is 8.78. The van der Waals surface area contributed by atoms with E-state index >= 15 is 0 Å². The average molecular weight is 437 g/mol. The third-order valence-corrected chi connectivity index (χ3v) is 6.23. The van der Waals surface area contributed by atoms with Crippen LogP contribution in [0.4, 0.5) is 0 Å². The summed E-state index contributed by atoms with van der Waals surface area (Å²) < 4.78 is 0. The van der Waals surface area contributed by atoms with E-state index in [1.165, 1.54) is 17.5 Å². The summed E-state index contributed by atoms with van der Waals surface area (Å²) in [6.07, 6.45) is 8.53. The molecule has 0 unspecified atom stereocenters. The molecule has 0 N–H and O–H groups in total. The highest BCUT2D eigenvalue weighted by Gasteiger charge is 2.23. The van der Waals surface area contributed by atoms with Crippen LogP contribution in [-0.2, 0) is 6.54 Å². The summed E-state index contributed by atoms with van der Waals surface area (Å²) in [6.45, 7) is 3.25. The van der Waals surface area contributed by atoms with E-state index in [4.69, 9.17) is 4.98 Å². The Hall–Kier alpha value is -3.48. The fourth-order valence-electron chi connectivity index (χ4n) is 4.36. The second-order valence-corrected chi connectivity index (χ2v) is 8.78. The number of likely N-dealkylation sites (N-methyl/N-ethyl adjacent to an activating group) is 1. The topological polar surface area (TPSA) is 58.0 Å². The van der Waals surface area contributed by atoms with Gasteiger partial charge in [-0.15, -0.1) is 0 Å². The summed E-state index contributed by atoms with van der Waals surface area (Å²) in [6, 6.07) is 19.2. The normalized spacial score (nSPS) is 16.4. The highest BCUT2D eigenvalue weighted by molar-refractivity contribution is 5.71. The van der Waals surface area contributed by atoms with Crippen molar-refractivity contribution in [3.8, 4) is 33.9 Å². The minimum atomic E-state index is 0.613. The summed E-state index contributed by atoms with van der Waals surface area (Å²) in [5, 5.41) is 0. The van der Waals surface area contributed by atoms with Crippen molar-refractivity contribution in [1.82, 2.24) is 29.7 Å². The van der Waals surface area contributed by atoms with Crippen molar-refractivity contribution in [3.63, 3.8) is 0 Å². The molecular weight excluding hydrogens is 408 g/mol. The van der Waals surface area contributed by atoms with Crippen LogP contribution in [0.3, 0.4) is 0 Å². The van der Waals surface area contributed by atoms with E-state index in [0.717, 1.165) is 42.1 Å². The van der Waals surface area contributed by atoms with Gasteiger partial charge in [0.05, 0.1) is 5.69 Å². The molecule has 0 radical (unpaired) electrons. The Morgan fingerprint density at radius 1 is 0.879 bits per heavy atom. The molecule has 1 aliphatic rings. The largest absolute Gasteiger partial charge is 0.305 e. The Morgan fingerprint density at radius 2 is 1.79 bits per heavy atom.